The highest BCUT2D eigenvalue weighted by Gasteiger charge is 2.27. The monoisotopic (exact) mass is 288 g/mol. The normalized spacial score (nSPS) is 17.6. The van der Waals surface area contributed by atoms with Crippen molar-refractivity contribution in [3.05, 3.63) is 46.5 Å². The summed E-state index contributed by atoms with van der Waals surface area (Å²) in [5.41, 5.74) is 3.13. The third-order valence-corrected chi connectivity index (χ3v) is 4.11. The minimum absolute atomic E-state index is 0.124. The van der Waals surface area contributed by atoms with Gasteiger partial charge in [0.15, 0.2) is 5.69 Å². The SMILES string of the molecule is Cc1cc(-n2nc(C(=O)O)c3c2CCC(C)C3)ccc1F. The van der Waals surface area contributed by atoms with Gasteiger partial charge in [0.05, 0.1) is 5.69 Å². The first kappa shape index (κ1) is 13.8. The molecule has 110 valence electrons. The molecule has 1 aliphatic rings. The average molecular weight is 288 g/mol. The Bertz CT molecular complexity index is 721. The Hall–Kier alpha value is -2.17. The molecular weight excluding hydrogens is 271 g/mol. The number of rotatable bonds is 2. The van der Waals surface area contributed by atoms with E-state index in [0.717, 1.165) is 30.5 Å². The summed E-state index contributed by atoms with van der Waals surface area (Å²) in [5, 5.41) is 13.6. The van der Waals surface area contributed by atoms with Crippen LogP contribution in [0.2, 0.25) is 0 Å². The van der Waals surface area contributed by atoms with Crippen LogP contribution in [0.25, 0.3) is 5.69 Å². The summed E-state index contributed by atoms with van der Waals surface area (Å²) in [4.78, 5) is 11.4. The lowest BCUT2D eigenvalue weighted by atomic mass is 9.87. The van der Waals surface area contributed by atoms with Gasteiger partial charge in [0, 0.05) is 11.3 Å². The highest BCUT2D eigenvalue weighted by Crippen LogP contribution is 2.30. The van der Waals surface area contributed by atoms with Crippen LogP contribution in [0.4, 0.5) is 4.39 Å². The standard InChI is InChI=1S/C16H17FN2O2/c1-9-3-6-14-12(7-9)15(16(20)21)18-19(14)11-4-5-13(17)10(2)8-11/h4-5,8-9H,3,6-7H2,1-2H3,(H,20,21). The van der Waals surface area contributed by atoms with E-state index in [1.807, 2.05) is 0 Å². The minimum atomic E-state index is -1.00. The van der Waals surface area contributed by atoms with Gasteiger partial charge in [0.1, 0.15) is 5.82 Å². The fourth-order valence-electron chi connectivity index (χ4n) is 2.94. The van der Waals surface area contributed by atoms with E-state index < -0.39 is 5.97 Å². The molecule has 1 unspecified atom stereocenters. The summed E-state index contributed by atoms with van der Waals surface area (Å²) in [6.45, 7) is 3.81. The molecule has 21 heavy (non-hydrogen) atoms. The van der Waals surface area contributed by atoms with E-state index in [4.69, 9.17) is 0 Å². The van der Waals surface area contributed by atoms with E-state index >= 15 is 0 Å². The summed E-state index contributed by atoms with van der Waals surface area (Å²) >= 11 is 0. The summed E-state index contributed by atoms with van der Waals surface area (Å²) in [7, 11) is 0. The van der Waals surface area contributed by atoms with Crippen LogP contribution >= 0.6 is 0 Å². The molecule has 3 rings (SSSR count). The third kappa shape index (κ3) is 2.33. The molecule has 1 aromatic heterocycles. The molecule has 1 aliphatic carbocycles. The zero-order chi connectivity index (χ0) is 15.1. The molecule has 0 spiro atoms. The van der Waals surface area contributed by atoms with Crippen molar-refractivity contribution >= 4 is 5.97 Å². The zero-order valence-electron chi connectivity index (χ0n) is 12.1. The van der Waals surface area contributed by atoms with Gasteiger partial charge in [-0.15, -0.1) is 0 Å². The Morgan fingerprint density at radius 3 is 2.90 bits per heavy atom. The molecule has 0 saturated heterocycles. The Balaban J connectivity index is 2.17. The van der Waals surface area contributed by atoms with Crippen molar-refractivity contribution in [2.75, 3.05) is 0 Å². The summed E-state index contributed by atoms with van der Waals surface area (Å²) in [6.07, 6.45) is 2.54. The van der Waals surface area contributed by atoms with E-state index in [2.05, 4.69) is 12.0 Å². The fraction of sp³-hybridized carbons (Fsp3) is 0.375. The van der Waals surface area contributed by atoms with Crippen molar-refractivity contribution in [2.45, 2.75) is 33.1 Å². The van der Waals surface area contributed by atoms with Crippen molar-refractivity contribution in [3.8, 4) is 5.69 Å². The van der Waals surface area contributed by atoms with Crippen molar-refractivity contribution in [1.82, 2.24) is 9.78 Å². The molecule has 5 heteroatoms. The molecule has 0 fully saturated rings. The first-order valence-electron chi connectivity index (χ1n) is 7.08. The molecule has 1 N–H and O–H groups in total. The number of carboxylic acids is 1. The second kappa shape index (κ2) is 4.98. The number of fused-ring (bicyclic) bond motifs is 1. The number of hydrogen-bond acceptors (Lipinski definition) is 2. The van der Waals surface area contributed by atoms with Gasteiger partial charge in [-0.1, -0.05) is 6.92 Å². The van der Waals surface area contributed by atoms with Crippen LogP contribution in [-0.2, 0) is 12.8 Å². The highest BCUT2D eigenvalue weighted by atomic mass is 19.1. The summed E-state index contributed by atoms with van der Waals surface area (Å²) in [5.74, 6) is -0.812. The first-order valence-corrected chi connectivity index (χ1v) is 7.08. The Kier molecular flexibility index (Phi) is 3.27. The van der Waals surface area contributed by atoms with Crippen molar-refractivity contribution in [3.63, 3.8) is 0 Å². The number of halogens is 1. The summed E-state index contributed by atoms with van der Waals surface area (Å²) < 4.78 is 15.1. The number of aromatic carboxylic acids is 1. The molecular formula is C16H17FN2O2. The van der Waals surface area contributed by atoms with Crippen LogP contribution < -0.4 is 0 Å². The molecule has 0 bridgehead atoms. The van der Waals surface area contributed by atoms with Gasteiger partial charge in [-0.05, 0) is 55.9 Å². The molecule has 0 radical (unpaired) electrons. The van der Waals surface area contributed by atoms with E-state index in [-0.39, 0.29) is 11.5 Å². The van der Waals surface area contributed by atoms with Crippen LogP contribution in [-0.4, -0.2) is 20.9 Å². The zero-order valence-corrected chi connectivity index (χ0v) is 12.1. The van der Waals surface area contributed by atoms with Gasteiger partial charge in [0.25, 0.3) is 0 Å². The number of carbonyl (C=O) groups is 1. The van der Waals surface area contributed by atoms with Crippen molar-refractivity contribution in [1.29, 1.82) is 0 Å². The van der Waals surface area contributed by atoms with Gasteiger partial charge in [0.2, 0.25) is 0 Å². The molecule has 1 atom stereocenters. The lowest BCUT2D eigenvalue weighted by molar-refractivity contribution is 0.0688. The molecule has 1 aromatic carbocycles. The van der Waals surface area contributed by atoms with Crippen LogP contribution in [0, 0.1) is 18.7 Å². The van der Waals surface area contributed by atoms with Crippen LogP contribution in [0.5, 0.6) is 0 Å². The number of nitrogens with zero attached hydrogens (tertiary/aromatic N) is 2. The molecule has 0 saturated carbocycles. The lowest BCUT2D eigenvalue weighted by Crippen LogP contribution is -2.14. The molecule has 1 heterocycles. The number of benzene rings is 1. The first-order chi connectivity index (χ1) is 9.97. The van der Waals surface area contributed by atoms with Crippen molar-refractivity contribution < 1.29 is 14.3 Å². The minimum Gasteiger partial charge on any atom is -0.476 e. The Labute approximate surface area is 122 Å². The van der Waals surface area contributed by atoms with E-state index in [1.54, 1.807) is 23.7 Å². The van der Waals surface area contributed by atoms with Crippen LogP contribution in [0.1, 0.15) is 40.7 Å². The Morgan fingerprint density at radius 2 is 2.24 bits per heavy atom. The molecule has 2 aromatic rings. The van der Waals surface area contributed by atoms with Gasteiger partial charge in [-0.25, -0.2) is 13.9 Å². The van der Waals surface area contributed by atoms with Crippen molar-refractivity contribution in [2.24, 2.45) is 5.92 Å². The van der Waals surface area contributed by atoms with E-state index in [0.29, 0.717) is 17.2 Å². The fourth-order valence-corrected chi connectivity index (χ4v) is 2.94. The average Bonchev–Trinajstić information content (AvgIpc) is 2.80. The lowest BCUT2D eigenvalue weighted by Gasteiger charge is -2.19. The number of aromatic nitrogens is 2. The maximum atomic E-state index is 13.4. The Morgan fingerprint density at radius 1 is 1.48 bits per heavy atom. The number of aryl methyl sites for hydroxylation is 1. The maximum absolute atomic E-state index is 13.4. The molecule has 0 amide bonds. The highest BCUT2D eigenvalue weighted by molar-refractivity contribution is 5.87. The second-order valence-corrected chi connectivity index (χ2v) is 5.77. The van der Waals surface area contributed by atoms with Gasteiger partial charge in [-0.2, -0.15) is 5.10 Å². The van der Waals surface area contributed by atoms with Gasteiger partial charge < -0.3 is 5.11 Å². The predicted octanol–water partition coefficient (Wildman–Crippen LogP) is 3.14. The topological polar surface area (TPSA) is 55.1 Å². The largest absolute Gasteiger partial charge is 0.476 e. The van der Waals surface area contributed by atoms with Crippen LogP contribution in [0.3, 0.4) is 0 Å². The predicted molar refractivity (Wildman–Crippen MR) is 76.4 cm³/mol. The molecule has 4 nitrogen and oxygen atoms in total. The molecule has 0 aliphatic heterocycles. The van der Waals surface area contributed by atoms with Gasteiger partial charge >= 0.3 is 5.97 Å². The smallest absolute Gasteiger partial charge is 0.356 e. The van der Waals surface area contributed by atoms with E-state index in [1.165, 1.54) is 6.07 Å². The van der Waals surface area contributed by atoms with Gasteiger partial charge in [-0.3, -0.25) is 0 Å². The van der Waals surface area contributed by atoms with E-state index in [9.17, 15) is 14.3 Å². The third-order valence-electron chi connectivity index (χ3n) is 4.11. The van der Waals surface area contributed by atoms with Crippen LogP contribution in [0.15, 0.2) is 18.2 Å². The number of hydrogen-bond donors (Lipinski definition) is 1. The quantitative estimate of drug-likeness (QED) is 0.923. The summed E-state index contributed by atoms with van der Waals surface area (Å²) in [6, 6.07) is 4.73. The maximum Gasteiger partial charge on any atom is 0.356 e. The number of carboxylic acid groups (broad SMARTS) is 1. The second-order valence-electron chi connectivity index (χ2n) is 5.77.